The number of benzene rings is 2. The Morgan fingerprint density at radius 3 is 2.55 bits per heavy atom. The zero-order valence-corrected chi connectivity index (χ0v) is 10.9. The number of carbonyl (C=O) groups is 2. The molecule has 0 fully saturated rings. The Hall–Kier alpha value is -2.49. The van der Waals surface area contributed by atoms with Crippen molar-refractivity contribution in [3.63, 3.8) is 0 Å². The van der Waals surface area contributed by atoms with Gasteiger partial charge in [-0.2, -0.15) is 0 Å². The monoisotopic (exact) mass is 272 g/mol. The fraction of sp³-hybridized carbons (Fsp3) is 0.125. The average molecular weight is 272 g/mol. The van der Waals surface area contributed by atoms with Gasteiger partial charge in [0.25, 0.3) is 0 Å². The maximum atomic E-state index is 13.4. The van der Waals surface area contributed by atoms with Crippen LogP contribution in [0.3, 0.4) is 0 Å². The van der Waals surface area contributed by atoms with E-state index in [-0.39, 0.29) is 18.0 Å². The quantitative estimate of drug-likeness (QED) is 0.784. The molecule has 0 bridgehead atoms. The zero-order chi connectivity index (χ0) is 14.5. The molecule has 0 saturated heterocycles. The Morgan fingerprint density at radius 1 is 1.10 bits per heavy atom. The Kier molecular flexibility index (Phi) is 4.25. The van der Waals surface area contributed by atoms with E-state index in [0.717, 1.165) is 0 Å². The van der Waals surface area contributed by atoms with E-state index in [9.17, 15) is 14.0 Å². The minimum atomic E-state index is -0.571. The molecule has 4 heteroatoms. The number of rotatable bonds is 5. The Morgan fingerprint density at radius 2 is 1.85 bits per heavy atom. The highest BCUT2D eigenvalue weighted by atomic mass is 19.1. The van der Waals surface area contributed by atoms with E-state index >= 15 is 0 Å². The predicted octanol–water partition coefficient (Wildman–Crippen LogP) is 3.29. The van der Waals surface area contributed by atoms with Crippen LogP contribution >= 0.6 is 0 Å². The van der Waals surface area contributed by atoms with Crippen molar-refractivity contribution >= 4 is 11.6 Å². The highest BCUT2D eigenvalue weighted by molar-refractivity contribution is 5.97. The second-order valence-corrected chi connectivity index (χ2v) is 4.28. The first-order valence-electron chi connectivity index (χ1n) is 6.09. The molecule has 0 heterocycles. The average Bonchev–Trinajstić information content (AvgIpc) is 2.45. The van der Waals surface area contributed by atoms with Crippen LogP contribution in [0.1, 0.15) is 27.6 Å². The molecule has 0 spiro atoms. The van der Waals surface area contributed by atoms with Crippen LogP contribution in [-0.4, -0.2) is 18.2 Å². The molecule has 0 atom stereocenters. The van der Waals surface area contributed by atoms with Crippen molar-refractivity contribution in [3.05, 3.63) is 65.5 Å². The third kappa shape index (κ3) is 3.29. The first kappa shape index (κ1) is 13.9. The fourth-order valence-electron chi connectivity index (χ4n) is 1.72. The SMILES string of the molecule is CC(=O)c1cccc(OCC(=O)c2ccccc2F)c1. The standard InChI is InChI=1S/C16H13FO3/c1-11(18)12-5-4-6-13(9-12)20-10-16(19)14-7-2-3-8-15(14)17/h2-9H,10H2,1H3. The van der Waals surface area contributed by atoms with E-state index in [2.05, 4.69) is 0 Å². The number of carbonyl (C=O) groups excluding carboxylic acids is 2. The van der Waals surface area contributed by atoms with Crippen LogP contribution in [0, 0.1) is 5.82 Å². The van der Waals surface area contributed by atoms with Gasteiger partial charge in [-0.05, 0) is 31.2 Å². The van der Waals surface area contributed by atoms with Crippen molar-refractivity contribution in [2.45, 2.75) is 6.92 Å². The number of halogens is 1. The molecule has 2 aromatic carbocycles. The van der Waals surface area contributed by atoms with E-state index in [4.69, 9.17) is 4.74 Å². The number of ether oxygens (including phenoxy) is 1. The molecule has 0 saturated carbocycles. The summed E-state index contributed by atoms with van der Waals surface area (Å²) in [7, 11) is 0. The maximum absolute atomic E-state index is 13.4. The molecular formula is C16H13FO3. The fourth-order valence-corrected chi connectivity index (χ4v) is 1.72. The Labute approximate surface area is 116 Å². The Balaban J connectivity index is 2.06. The lowest BCUT2D eigenvalue weighted by atomic mass is 10.1. The highest BCUT2D eigenvalue weighted by Crippen LogP contribution is 2.15. The molecule has 0 aliphatic rings. The van der Waals surface area contributed by atoms with E-state index in [1.54, 1.807) is 30.3 Å². The summed E-state index contributed by atoms with van der Waals surface area (Å²) >= 11 is 0. The van der Waals surface area contributed by atoms with E-state index < -0.39 is 11.6 Å². The summed E-state index contributed by atoms with van der Waals surface area (Å²) in [5, 5.41) is 0. The minimum Gasteiger partial charge on any atom is -0.485 e. The second kappa shape index (κ2) is 6.10. The van der Waals surface area contributed by atoms with Crippen LogP contribution in [0.4, 0.5) is 4.39 Å². The van der Waals surface area contributed by atoms with Crippen molar-refractivity contribution in [1.29, 1.82) is 0 Å². The van der Waals surface area contributed by atoms with Gasteiger partial charge in [-0.1, -0.05) is 24.3 Å². The molecule has 0 aliphatic carbocycles. The van der Waals surface area contributed by atoms with Gasteiger partial charge in [-0.3, -0.25) is 9.59 Å². The summed E-state index contributed by atoms with van der Waals surface area (Å²) in [4.78, 5) is 23.1. The summed E-state index contributed by atoms with van der Waals surface area (Å²) < 4.78 is 18.7. The molecule has 3 nitrogen and oxygen atoms in total. The van der Waals surface area contributed by atoms with Gasteiger partial charge in [0, 0.05) is 5.56 Å². The third-order valence-electron chi connectivity index (χ3n) is 2.78. The smallest absolute Gasteiger partial charge is 0.203 e. The molecule has 20 heavy (non-hydrogen) atoms. The third-order valence-corrected chi connectivity index (χ3v) is 2.78. The minimum absolute atomic E-state index is 0.00442. The summed E-state index contributed by atoms with van der Waals surface area (Å²) in [6.07, 6.45) is 0. The molecule has 0 radical (unpaired) electrons. The van der Waals surface area contributed by atoms with E-state index in [0.29, 0.717) is 11.3 Å². The summed E-state index contributed by atoms with van der Waals surface area (Å²) in [6, 6.07) is 12.3. The van der Waals surface area contributed by atoms with Crippen molar-refractivity contribution in [3.8, 4) is 5.75 Å². The lowest BCUT2D eigenvalue weighted by Crippen LogP contribution is -2.13. The van der Waals surface area contributed by atoms with Crippen LogP contribution in [0.5, 0.6) is 5.75 Å². The maximum Gasteiger partial charge on any atom is 0.203 e. The van der Waals surface area contributed by atoms with Gasteiger partial charge >= 0.3 is 0 Å². The molecule has 0 amide bonds. The molecule has 2 rings (SSSR count). The van der Waals surface area contributed by atoms with Crippen molar-refractivity contribution in [2.75, 3.05) is 6.61 Å². The largest absolute Gasteiger partial charge is 0.485 e. The molecule has 0 aliphatic heterocycles. The van der Waals surface area contributed by atoms with Gasteiger partial charge in [0.1, 0.15) is 11.6 Å². The molecule has 0 aromatic heterocycles. The number of Topliss-reactive ketones (excluding diaryl/α,β-unsaturated/α-hetero) is 2. The topological polar surface area (TPSA) is 43.4 Å². The van der Waals surface area contributed by atoms with Crippen LogP contribution < -0.4 is 4.74 Å². The lowest BCUT2D eigenvalue weighted by molar-refractivity contribution is 0.0917. The van der Waals surface area contributed by atoms with Crippen molar-refractivity contribution in [2.24, 2.45) is 0 Å². The number of ketones is 2. The van der Waals surface area contributed by atoms with Crippen LogP contribution in [0.2, 0.25) is 0 Å². The van der Waals surface area contributed by atoms with Gasteiger partial charge in [0.2, 0.25) is 5.78 Å². The van der Waals surface area contributed by atoms with Crippen LogP contribution in [0.25, 0.3) is 0 Å². The van der Waals surface area contributed by atoms with Gasteiger partial charge < -0.3 is 4.74 Å². The predicted molar refractivity (Wildman–Crippen MR) is 72.7 cm³/mol. The summed E-state index contributed by atoms with van der Waals surface area (Å²) in [5.74, 6) is -0.701. The van der Waals surface area contributed by atoms with E-state index in [1.807, 2.05) is 0 Å². The van der Waals surface area contributed by atoms with Gasteiger partial charge in [0.15, 0.2) is 12.4 Å². The lowest BCUT2D eigenvalue weighted by Gasteiger charge is -2.07. The highest BCUT2D eigenvalue weighted by Gasteiger charge is 2.11. The molecule has 102 valence electrons. The normalized spacial score (nSPS) is 10.1. The van der Waals surface area contributed by atoms with Crippen LogP contribution in [-0.2, 0) is 0 Å². The van der Waals surface area contributed by atoms with Gasteiger partial charge in [-0.15, -0.1) is 0 Å². The second-order valence-electron chi connectivity index (χ2n) is 4.28. The molecule has 0 N–H and O–H groups in total. The number of hydrogen-bond acceptors (Lipinski definition) is 3. The van der Waals surface area contributed by atoms with Gasteiger partial charge in [-0.25, -0.2) is 4.39 Å². The zero-order valence-electron chi connectivity index (χ0n) is 10.9. The van der Waals surface area contributed by atoms with Crippen LogP contribution in [0.15, 0.2) is 48.5 Å². The molecule has 2 aromatic rings. The Bertz CT molecular complexity index is 650. The van der Waals surface area contributed by atoms with Gasteiger partial charge in [0.05, 0.1) is 5.56 Å². The van der Waals surface area contributed by atoms with Crippen molar-refractivity contribution < 1.29 is 18.7 Å². The first-order valence-corrected chi connectivity index (χ1v) is 6.09. The molecule has 0 unspecified atom stereocenters. The van der Waals surface area contributed by atoms with Crippen molar-refractivity contribution in [1.82, 2.24) is 0 Å². The van der Waals surface area contributed by atoms with E-state index in [1.165, 1.54) is 25.1 Å². The number of hydrogen-bond donors (Lipinski definition) is 0. The summed E-state index contributed by atoms with van der Waals surface area (Å²) in [5.41, 5.74) is 0.496. The first-order chi connectivity index (χ1) is 9.58. The molecular weight excluding hydrogens is 259 g/mol. The summed E-state index contributed by atoms with van der Waals surface area (Å²) in [6.45, 7) is 1.17.